The van der Waals surface area contributed by atoms with Gasteiger partial charge in [-0.15, -0.1) is 0 Å². The first kappa shape index (κ1) is 35.0. The van der Waals surface area contributed by atoms with Crippen molar-refractivity contribution >= 4 is 23.3 Å². The fraction of sp³-hybridized carbons (Fsp3) is 0.273. The summed E-state index contributed by atoms with van der Waals surface area (Å²) in [7, 11) is 13.3. The van der Waals surface area contributed by atoms with Gasteiger partial charge in [0.1, 0.15) is 11.5 Å². The second kappa shape index (κ2) is 14.7. The molecule has 4 N–H and O–H groups in total. The minimum Gasteiger partial charge on any atom is -0.493 e. The molecule has 8 nitrogen and oxygen atoms in total. The minimum atomic E-state index is 0.684. The van der Waals surface area contributed by atoms with Gasteiger partial charge in [-0.25, -0.2) is 0 Å². The zero-order chi connectivity index (χ0) is 36.3. The Bertz CT molecular complexity index is 2240. The van der Waals surface area contributed by atoms with E-state index < -0.39 is 0 Å². The lowest BCUT2D eigenvalue weighted by molar-refractivity contribution is -0.870. The smallest absolute Gasteiger partial charge is 0.119 e. The summed E-state index contributed by atoms with van der Waals surface area (Å²) >= 11 is 0. The van der Waals surface area contributed by atoms with Crippen LogP contribution in [0.2, 0.25) is 0 Å². The number of hydrogen-bond acceptors (Lipinski definition) is 2. The summed E-state index contributed by atoms with van der Waals surface area (Å²) in [6.07, 6.45) is 6.30. The molecule has 0 spiro atoms. The van der Waals surface area contributed by atoms with Crippen LogP contribution in [-0.2, 0) is 0 Å². The molecule has 1 aliphatic heterocycles. The molecule has 0 amide bonds. The number of rotatable bonds is 12. The van der Waals surface area contributed by atoms with E-state index in [9.17, 15) is 0 Å². The number of ether oxygens (including phenoxy) is 2. The maximum absolute atomic E-state index is 6.24. The predicted octanol–water partition coefficient (Wildman–Crippen LogP) is 4.41. The SMILES string of the molecule is C[N+](C)(C)CCCOc1cccc(C2=c3ccc([nH]3)=Cc3ccc([nH]3)C(c3cccc(OCCC[N+](C)(C)C)c3)=c3ccc([nH]3)=Cc3ccc2[nH]3)c1. The molecule has 7 rings (SSSR count). The summed E-state index contributed by atoms with van der Waals surface area (Å²) in [6.45, 7) is 3.49. The summed E-state index contributed by atoms with van der Waals surface area (Å²) < 4.78 is 14.3. The average molecular weight is 697 g/mol. The topological polar surface area (TPSA) is 81.6 Å². The van der Waals surface area contributed by atoms with Crippen LogP contribution in [-0.4, -0.2) is 97.5 Å². The van der Waals surface area contributed by atoms with Crippen LogP contribution in [0, 0.1) is 0 Å². The third-order valence-corrected chi connectivity index (χ3v) is 9.26. The first-order valence-corrected chi connectivity index (χ1v) is 18.2. The molecule has 5 heterocycles. The van der Waals surface area contributed by atoms with Crippen LogP contribution in [0.15, 0.2) is 97.1 Å². The van der Waals surface area contributed by atoms with Gasteiger partial charge >= 0.3 is 0 Å². The fourth-order valence-electron chi connectivity index (χ4n) is 6.76. The van der Waals surface area contributed by atoms with Crippen LogP contribution in [0.4, 0.5) is 0 Å². The Morgan fingerprint density at radius 3 is 1.35 bits per heavy atom. The van der Waals surface area contributed by atoms with Crippen LogP contribution in [0.1, 0.15) is 46.7 Å². The van der Waals surface area contributed by atoms with Gasteiger partial charge in [-0.2, -0.15) is 0 Å². The average Bonchev–Trinajstić information content (AvgIpc) is 3.92. The zero-order valence-electron chi connectivity index (χ0n) is 31.3. The van der Waals surface area contributed by atoms with Crippen molar-refractivity contribution in [2.24, 2.45) is 0 Å². The van der Waals surface area contributed by atoms with Gasteiger partial charge in [-0.1, -0.05) is 24.3 Å². The number of fused-ring (bicyclic) bond motifs is 8. The van der Waals surface area contributed by atoms with Crippen molar-refractivity contribution in [2.75, 3.05) is 68.6 Å². The van der Waals surface area contributed by atoms with Crippen molar-refractivity contribution in [3.8, 4) is 11.5 Å². The number of nitrogens with zero attached hydrogens (tertiary/aromatic N) is 2. The lowest BCUT2D eigenvalue weighted by Gasteiger charge is -2.23. The molecule has 0 atom stereocenters. The number of aromatic amines is 4. The van der Waals surface area contributed by atoms with E-state index in [2.05, 4.69) is 159 Å². The summed E-state index contributed by atoms with van der Waals surface area (Å²) in [5.41, 5.74) is 8.38. The van der Waals surface area contributed by atoms with Crippen LogP contribution in [0.5, 0.6) is 11.5 Å². The summed E-state index contributed by atoms with van der Waals surface area (Å²) in [5.74, 6) is 1.74. The van der Waals surface area contributed by atoms with Gasteiger partial charge in [0.2, 0.25) is 0 Å². The molecule has 8 bridgehead atoms. The van der Waals surface area contributed by atoms with Crippen molar-refractivity contribution in [1.82, 2.24) is 19.9 Å². The second-order valence-corrected chi connectivity index (χ2v) is 15.8. The van der Waals surface area contributed by atoms with Crippen LogP contribution < -0.4 is 30.9 Å². The normalized spacial score (nSPS) is 13.1. The molecule has 8 heteroatoms. The molecule has 0 unspecified atom stereocenters. The lowest BCUT2D eigenvalue weighted by atomic mass is 10.0. The third-order valence-electron chi connectivity index (χ3n) is 9.26. The third kappa shape index (κ3) is 8.70. The molecule has 0 aliphatic carbocycles. The van der Waals surface area contributed by atoms with E-state index in [1.54, 1.807) is 0 Å². The molecule has 1 aliphatic rings. The van der Waals surface area contributed by atoms with Gasteiger partial charge < -0.3 is 38.4 Å². The number of aromatic nitrogens is 4. The van der Waals surface area contributed by atoms with E-state index in [0.717, 1.165) is 113 Å². The maximum Gasteiger partial charge on any atom is 0.119 e. The first-order chi connectivity index (χ1) is 25.0. The van der Waals surface area contributed by atoms with E-state index >= 15 is 0 Å². The highest BCUT2D eigenvalue weighted by Gasteiger charge is 2.14. The Balaban J connectivity index is 1.27. The molecular weight excluding hydrogens is 645 g/mol. The largest absolute Gasteiger partial charge is 0.493 e. The lowest BCUT2D eigenvalue weighted by Crippen LogP contribution is -2.36. The second-order valence-electron chi connectivity index (χ2n) is 15.8. The number of hydrogen-bond donors (Lipinski definition) is 4. The summed E-state index contributed by atoms with van der Waals surface area (Å²) in [6, 6.07) is 34.0. The van der Waals surface area contributed by atoms with Crippen LogP contribution >= 0.6 is 0 Å². The van der Waals surface area contributed by atoms with E-state index in [1.165, 1.54) is 0 Å². The standard InChI is InChI=1S/C44H52N6O2/c1-49(2,3)23-9-25-51-37-13-7-11-31(27-37)43-39-19-15-33(45-39)29-35-17-21-41(47-35)44(42-22-18-36(48-42)30-34-16-20-40(43)46-34)32-12-8-14-38(28-32)52-26-10-24-50(4,5)6/h7-8,11-22,27-30,45-48H,9-10,23-26H2,1-6H3/q+2. The fourth-order valence-corrected chi connectivity index (χ4v) is 6.76. The Hall–Kier alpha value is -5.44. The van der Waals surface area contributed by atoms with E-state index in [-0.39, 0.29) is 0 Å². The predicted molar refractivity (Wildman–Crippen MR) is 211 cm³/mol. The summed E-state index contributed by atoms with van der Waals surface area (Å²) in [4.78, 5) is 14.8. The Morgan fingerprint density at radius 1 is 0.481 bits per heavy atom. The molecule has 0 fully saturated rings. The van der Waals surface area contributed by atoms with Gasteiger partial charge in [0.05, 0.1) is 68.6 Å². The molecule has 2 aromatic carbocycles. The molecule has 0 saturated carbocycles. The Morgan fingerprint density at radius 2 is 0.923 bits per heavy atom. The zero-order valence-corrected chi connectivity index (χ0v) is 31.3. The quantitative estimate of drug-likeness (QED) is 0.113. The van der Waals surface area contributed by atoms with E-state index in [1.807, 2.05) is 12.1 Å². The number of nitrogens with one attached hydrogen (secondary N) is 4. The highest BCUT2D eigenvalue weighted by atomic mass is 16.5. The highest BCUT2D eigenvalue weighted by Crippen LogP contribution is 2.26. The molecule has 4 aromatic heterocycles. The molecule has 6 aromatic rings. The molecular formula is C44H52N6O2+2. The van der Waals surface area contributed by atoms with Crippen LogP contribution in [0.25, 0.3) is 23.3 Å². The van der Waals surface area contributed by atoms with E-state index in [4.69, 9.17) is 9.47 Å². The van der Waals surface area contributed by atoms with Gasteiger partial charge in [0.25, 0.3) is 0 Å². The Kier molecular flexibility index (Phi) is 9.86. The van der Waals surface area contributed by atoms with Crippen molar-refractivity contribution < 1.29 is 18.4 Å². The monoisotopic (exact) mass is 696 g/mol. The van der Waals surface area contributed by atoms with Crippen molar-refractivity contribution in [2.45, 2.75) is 12.8 Å². The van der Waals surface area contributed by atoms with Gasteiger partial charge in [-0.05, 0) is 96.1 Å². The maximum atomic E-state index is 6.24. The molecule has 268 valence electrons. The Labute approximate surface area is 306 Å². The van der Waals surface area contributed by atoms with Gasteiger partial charge in [0.15, 0.2) is 0 Å². The van der Waals surface area contributed by atoms with Crippen molar-refractivity contribution in [3.63, 3.8) is 0 Å². The van der Waals surface area contributed by atoms with Gasteiger partial charge in [0, 0.05) is 68.2 Å². The van der Waals surface area contributed by atoms with Gasteiger partial charge in [-0.3, -0.25) is 0 Å². The van der Waals surface area contributed by atoms with Crippen LogP contribution in [0.3, 0.4) is 0 Å². The molecule has 52 heavy (non-hydrogen) atoms. The molecule has 0 saturated heterocycles. The van der Waals surface area contributed by atoms with Crippen molar-refractivity contribution in [3.05, 3.63) is 152 Å². The number of benzene rings is 2. The first-order valence-electron chi connectivity index (χ1n) is 18.2. The summed E-state index contributed by atoms with van der Waals surface area (Å²) in [5, 5.41) is 4.06. The number of quaternary nitrogens is 2. The number of H-pyrrole nitrogens is 4. The van der Waals surface area contributed by atoms with E-state index in [0.29, 0.717) is 13.2 Å². The molecule has 0 radical (unpaired) electrons. The highest BCUT2D eigenvalue weighted by molar-refractivity contribution is 5.80. The minimum absolute atomic E-state index is 0.684. The van der Waals surface area contributed by atoms with Crippen molar-refractivity contribution in [1.29, 1.82) is 0 Å².